The van der Waals surface area contributed by atoms with Crippen LogP contribution < -0.4 is 5.32 Å². The summed E-state index contributed by atoms with van der Waals surface area (Å²) in [6.07, 6.45) is 4.46. The molecule has 0 aromatic heterocycles. The summed E-state index contributed by atoms with van der Waals surface area (Å²) in [6.45, 7) is 6.72. The van der Waals surface area contributed by atoms with Gasteiger partial charge in [-0.1, -0.05) is 42.5 Å². The van der Waals surface area contributed by atoms with Gasteiger partial charge in [-0.2, -0.15) is 0 Å². The summed E-state index contributed by atoms with van der Waals surface area (Å²) in [4.78, 5) is 2.49. The Balaban J connectivity index is 0.00000144. The summed E-state index contributed by atoms with van der Waals surface area (Å²) >= 11 is 0. The molecule has 1 atom stereocenters. The van der Waals surface area contributed by atoms with E-state index in [0.717, 1.165) is 26.2 Å². The Morgan fingerprint density at radius 1 is 1.35 bits per heavy atom. The monoisotopic (exact) mass is 252 g/mol. The van der Waals surface area contributed by atoms with Gasteiger partial charge in [0.2, 0.25) is 0 Å². The first-order valence-corrected chi connectivity index (χ1v) is 6.02. The van der Waals surface area contributed by atoms with Crippen molar-refractivity contribution in [3.8, 4) is 0 Å². The molecule has 1 unspecified atom stereocenters. The van der Waals surface area contributed by atoms with E-state index in [0.29, 0.717) is 6.04 Å². The van der Waals surface area contributed by atoms with Crippen LogP contribution in [-0.4, -0.2) is 37.1 Å². The average molecular weight is 253 g/mol. The van der Waals surface area contributed by atoms with Gasteiger partial charge < -0.3 is 5.32 Å². The molecule has 1 aromatic rings. The SMILES string of the molecule is CC1CN(C/C=C/c2ccccc2)CCN1.Cl. The normalized spacial score (nSPS) is 21.4. The number of halogens is 1. The number of benzene rings is 1. The molecule has 1 fully saturated rings. The summed E-state index contributed by atoms with van der Waals surface area (Å²) in [6, 6.07) is 11.1. The van der Waals surface area contributed by atoms with Gasteiger partial charge in [0.05, 0.1) is 0 Å². The van der Waals surface area contributed by atoms with Gasteiger partial charge in [-0.05, 0) is 12.5 Å². The highest BCUT2D eigenvalue weighted by Gasteiger charge is 2.13. The van der Waals surface area contributed by atoms with Gasteiger partial charge in [-0.25, -0.2) is 0 Å². The van der Waals surface area contributed by atoms with Crippen LogP contribution in [0.1, 0.15) is 12.5 Å². The van der Waals surface area contributed by atoms with Crippen molar-refractivity contribution >= 4 is 18.5 Å². The van der Waals surface area contributed by atoms with E-state index in [1.807, 2.05) is 0 Å². The molecule has 3 heteroatoms. The molecular weight excluding hydrogens is 232 g/mol. The van der Waals surface area contributed by atoms with Gasteiger partial charge in [-0.3, -0.25) is 4.90 Å². The minimum Gasteiger partial charge on any atom is -0.312 e. The van der Waals surface area contributed by atoms with Crippen molar-refractivity contribution in [3.05, 3.63) is 42.0 Å². The second kappa shape index (κ2) is 7.49. The molecule has 0 amide bonds. The first-order chi connectivity index (χ1) is 7.84. The molecule has 0 bridgehead atoms. The minimum atomic E-state index is 0. The molecular formula is C14H21ClN2. The molecule has 1 heterocycles. The maximum Gasteiger partial charge on any atom is 0.0167 e. The van der Waals surface area contributed by atoms with Crippen molar-refractivity contribution in [2.24, 2.45) is 0 Å². The second-order valence-corrected chi connectivity index (χ2v) is 4.43. The smallest absolute Gasteiger partial charge is 0.0167 e. The predicted molar refractivity (Wildman–Crippen MR) is 76.6 cm³/mol. The molecule has 0 spiro atoms. The Morgan fingerprint density at radius 3 is 2.82 bits per heavy atom. The predicted octanol–water partition coefficient (Wildman–Crippen LogP) is 2.42. The number of hydrogen-bond donors (Lipinski definition) is 1. The number of hydrogen-bond acceptors (Lipinski definition) is 2. The van der Waals surface area contributed by atoms with Crippen LogP contribution in [0.3, 0.4) is 0 Å². The van der Waals surface area contributed by atoms with Gasteiger partial charge in [-0.15, -0.1) is 12.4 Å². The average Bonchev–Trinajstić information content (AvgIpc) is 2.30. The Labute approximate surface area is 110 Å². The molecule has 94 valence electrons. The van der Waals surface area contributed by atoms with Crippen molar-refractivity contribution in [2.75, 3.05) is 26.2 Å². The summed E-state index contributed by atoms with van der Waals surface area (Å²) in [5.41, 5.74) is 1.28. The third-order valence-corrected chi connectivity index (χ3v) is 2.93. The Morgan fingerprint density at radius 2 is 2.12 bits per heavy atom. The van der Waals surface area contributed by atoms with E-state index in [9.17, 15) is 0 Å². The van der Waals surface area contributed by atoms with Crippen LogP contribution in [0.4, 0.5) is 0 Å². The van der Waals surface area contributed by atoms with Crippen LogP contribution in [0.2, 0.25) is 0 Å². The molecule has 1 N–H and O–H groups in total. The number of rotatable bonds is 3. The number of nitrogens with zero attached hydrogens (tertiary/aromatic N) is 1. The molecule has 2 nitrogen and oxygen atoms in total. The van der Waals surface area contributed by atoms with Gasteiger partial charge in [0, 0.05) is 32.2 Å². The summed E-state index contributed by atoms with van der Waals surface area (Å²) < 4.78 is 0. The summed E-state index contributed by atoms with van der Waals surface area (Å²) in [5.74, 6) is 0. The van der Waals surface area contributed by atoms with E-state index in [1.54, 1.807) is 0 Å². The van der Waals surface area contributed by atoms with Gasteiger partial charge in [0.1, 0.15) is 0 Å². The molecule has 1 aliphatic rings. The van der Waals surface area contributed by atoms with Crippen LogP contribution in [0.5, 0.6) is 0 Å². The summed E-state index contributed by atoms with van der Waals surface area (Å²) in [7, 11) is 0. The van der Waals surface area contributed by atoms with Crippen molar-refractivity contribution < 1.29 is 0 Å². The quantitative estimate of drug-likeness (QED) is 0.889. The fourth-order valence-corrected chi connectivity index (χ4v) is 2.08. The molecule has 1 saturated heterocycles. The highest BCUT2D eigenvalue weighted by Crippen LogP contribution is 2.03. The molecule has 0 radical (unpaired) electrons. The van der Waals surface area contributed by atoms with Gasteiger partial charge >= 0.3 is 0 Å². The van der Waals surface area contributed by atoms with E-state index in [1.165, 1.54) is 5.56 Å². The summed E-state index contributed by atoms with van der Waals surface area (Å²) in [5, 5.41) is 3.45. The fourth-order valence-electron chi connectivity index (χ4n) is 2.08. The molecule has 1 aromatic carbocycles. The lowest BCUT2D eigenvalue weighted by atomic mass is 10.2. The zero-order valence-electron chi connectivity index (χ0n) is 10.3. The standard InChI is InChI=1S/C14H20N2.ClH/c1-13-12-16(11-9-15-13)10-5-8-14-6-3-2-4-7-14;/h2-8,13,15H,9-12H2,1H3;1H/b8-5+;. The van der Waals surface area contributed by atoms with Crippen LogP contribution >= 0.6 is 12.4 Å². The zero-order valence-corrected chi connectivity index (χ0v) is 11.1. The highest BCUT2D eigenvalue weighted by molar-refractivity contribution is 5.85. The topological polar surface area (TPSA) is 15.3 Å². The van der Waals surface area contributed by atoms with Gasteiger partial charge in [0.25, 0.3) is 0 Å². The lowest BCUT2D eigenvalue weighted by Gasteiger charge is -2.30. The van der Waals surface area contributed by atoms with Gasteiger partial charge in [0.15, 0.2) is 0 Å². The Kier molecular flexibility index (Phi) is 6.27. The highest BCUT2D eigenvalue weighted by atomic mass is 35.5. The zero-order chi connectivity index (χ0) is 11.2. The lowest BCUT2D eigenvalue weighted by Crippen LogP contribution is -2.49. The maximum atomic E-state index is 3.45. The van der Waals surface area contributed by atoms with Crippen LogP contribution in [-0.2, 0) is 0 Å². The van der Waals surface area contributed by atoms with E-state index in [2.05, 4.69) is 59.6 Å². The van der Waals surface area contributed by atoms with E-state index >= 15 is 0 Å². The molecule has 17 heavy (non-hydrogen) atoms. The largest absolute Gasteiger partial charge is 0.312 e. The third kappa shape index (κ3) is 4.90. The first kappa shape index (κ1) is 14.2. The van der Waals surface area contributed by atoms with E-state index < -0.39 is 0 Å². The van der Waals surface area contributed by atoms with E-state index in [4.69, 9.17) is 0 Å². The first-order valence-electron chi connectivity index (χ1n) is 6.02. The van der Waals surface area contributed by atoms with E-state index in [-0.39, 0.29) is 12.4 Å². The van der Waals surface area contributed by atoms with Crippen molar-refractivity contribution in [1.29, 1.82) is 0 Å². The second-order valence-electron chi connectivity index (χ2n) is 4.43. The molecule has 2 rings (SSSR count). The Hall–Kier alpha value is -0.830. The molecule has 1 aliphatic heterocycles. The maximum absolute atomic E-state index is 3.45. The third-order valence-electron chi connectivity index (χ3n) is 2.93. The van der Waals surface area contributed by atoms with Crippen LogP contribution in [0, 0.1) is 0 Å². The van der Waals surface area contributed by atoms with Crippen LogP contribution in [0.15, 0.2) is 36.4 Å². The number of nitrogens with one attached hydrogen (secondary N) is 1. The molecule has 0 aliphatic carbocycles. The van der Waals surface area contributed by atoms with Crippen LogP contribution in [0.25, 0.3) is 6.08 Å². The molecule has 0 saturated carbocycles. The minimum absolute atomic E-state index is 0. The van der Waals surface area contributed by atoms with Crippen molar-refractivity contribution in [1.82, 2.24) is 10.2 Å². The van der Waals surface area contributed by atoms with Crippen molar-refractivity contribution in [2.45, 2.75) is 13.0 Å². The lowest BCUT2D eigenvalue weighted by molar-refractivity contribution is 0.227. The Bertz CT molecular complexity index is 337. The number of piperazine rings is 1. The van der Waals surface area contributed by atoms with Crippen molar-refractivity contribution in [3.63, 3.8) is 0 Å². The fraction of sp³-hybridized carbons (Fsp3) is 0.429.